The number of rotatable bonds is 9. The van der Waals surface area contributed by atoms with Crippen molar-refractivity contribution in [3.05, 3.63) is 106 Å². The average molecular weight is 547 g/mol. The van der Waals surface area contributed by atoms with Crippen molar-refractivity contribution in [3.8, 4) is 5.75 Å². The Labute approximate surface area is 233 Å². The minimum absolute atomic E-state index is 0.0638. The molecular formula is C31H31ClN2O5. The van der Waals surface area contributed by atoms with E-state index < -0.39 is 17.7 Å². The number of hydrogen-bond donors (Lipinski definition) is 1. The summed E-state index contributed by atoms with van der Waals surface area (Å²) in [6, 6.07) is 23.0. The van der Waals surface area contributed by atoms with Crippen LogP contribution < -0.4 is 4.74 Å². The average Bonchev–Trinajstić information content (AvgIpc) is 3.22. The third kappa shape index (κ3) is 6.33. The van der Waals surface area contributed by atoms with E-state index in [1.165, 1.54) is 0 Å². The summed E-state index contributed by atoms with van der Waals surface area (Å²) >= 11 is 6.04. The van der Waals surface area contributed by atoms with Gasteiger partial charge in [0.15, 0.2) is 0 Å². The number of aliphatic hydroxyl groups is 1. The number of likely N-dealkylation sites (tertiary alicyclic amines) is 1. The fourth-order valence-electron chi connectivity index (χ4n) is 5.03. The molecule has 0 radical (unpaired) electrons. The van der Waals surface area contributed by atoms with Crippen LogP contribution in [-0.4, -0.2) is 66.0 Å². The lowest BCUT2D eigenvalue weighted by Gasteiger charge is -2.29. The summed E-state index contributed by atoms with van der Waals surface area (Å²) in [5, 5.41) is 11.8. The molecule has 0 aliphatic carbocycles. The van der Waals surface area contributed by atoms with Crippen molar-refractivity contribution >= 4 is 29.1 Å². The number of carbonyl (C=O) groups excluding carboxylic acids is 2. The van der Waals surface area contributed by atoms with E-state index >= 15 is 0 Å². The molecule has 1 unspecified atom stereocenters. The molecule has 202 valence electrons. The first kappa shape index (κ1) is 26.9. The number of carbonyl (C=O) groups is 2. The SMILES string of the molecule is O=C1C(=O)N(CCCN2CCOCC2)C(c2cccc(OCc3ccccc3)c2)/C1=C(\O)c1ccc(Cl)cc1. The van der Waals surface area contributed by atoms with E-state index in [1.807, 2.05) is 54.6 Å². The van der Waals surface area contributed by atoms with Crippen LogP contribution in [0.1, 0.15) is 29.2 Å². The molecule has 3 aromatic rings. The lowest BCUT2D eigenvalue weighted by atomic mass is 9.95. The minimum Gasteiger partial charge on any atom is -0.507 e. The van der Waals surface area contributed by atoms with E-state index in [4.69, 9.17) is 21.1 Å². The lowest BCUT2D eigenvalue weighted by molar-refractivity contribution is -0.140. The summed E-state index contributed by atoms with van der Waals surface area (Å²) in [6.07, 6.45) is 0.689. The van der Waals surface area contributed by atoms with E-state index in [-0.39, 0.29) is 11.3 Å². The molecular weight excluding hydrogens is 516 g/mol. The Hall–Kier alpha value is -3.65. The first-order chi connectivity index (χ1) is 19.0. The summed E-state index contributed by atoms with van der Waals surface area (Å²) in [6.45, 7) is 4.63. The van der Waals surface area contributed by atoms with Crippen LogP contribution >= 0.6 is 11.6 Å². The molecule has 7 nitrogen and oxygen atoms in total. The van der Waals surface area contributed by atoms with Crippen molar-refractivity contribution in [1.82, 2.24) is 9.80 Å². The smallest absolute Gasteiger partial charge is 0.295 e. The number of nitrogens with zero attached hydrogens (tertiary/aromatic N) is 2. The highest BCUT2D eigenvalue weighted by molar-refractivity contribution is 6.46. The molecule has 2 saturated heterocycles. The van der Waals surface area contributed by atoms with Gasteiger partial charge in [0.1, 0.15) is 18.1 Å². The molecule has 1 N–H and O–H groups in total. The molecule has 8 heteroatoms. The standard InChI is InChI=1S/C31H31ClN2O5/c32-25-12-10-23(11-13-25)29(35)27-28(24-8-4-9-26(20-24)39-21-22-6-2-1-3-7-22)34(31(37)30(27)36)15-5-14-33-16-18-38-19-17-33/h1-4,6-13,20,28,35H,5,14-19,21H2/b29-27+. The molecule has 5 rings (SSSR count). The van der Waals surface area contributed by atoms with Gasteiger partial charge in [-0.15, -0.1) is 0 Å². The van der Waals surface area contributed by atoms with E-state index in [1.54, 1.807) is 29.2 Å². The van der Waals surface area contributed by atoms with Crippen LogP contribution in [0.25, 0.3) is 5.76 Å². The van der Waals surface area contributed by atoms with Crippen LogP contribution in [0.4, 0.5) is 0 Å². The van der Waals surface area contributed by atoms with Gasteiger partial charge < -0.3 is 19.5 Å². The van der Waals surface area contributed by atoms with E-state index in [0.717, 1.165) is 25.2 Å². The number of ether oxygens (including phenoxy) is 2. The van der Waals surface area contributed by atoms with Crippen molar-refractivity contribution in [2.45, 2.75) is 19.1 Å². The number of halogens is 1. The molecule has 2 heterocycles. The van der Waals surface area contributed by atoms with Crippen LogP contribution in [0.3, 0.4) is 0 Å². The second kappa shape index (κ2) is 12.5. The Morgan fingerprint density at radius 3 is 2.44 bits per heavy atom. The molecule has 0 saturated carbocycles. The predicted octanol–water partition coefficient (Wildman–Crippen LogP) is 5.06. The molecule has 1 amide bonds. The molecule has 39 heavy (non-hydrogen) atoms. The van der Waals surface area contributed by atoms with Gasteiger partial charge in [-0.2, -0.15) is 0 Å². The fourth-order valence-corrected chi connectivity index (χ4v) is 5.15. The van der Waals surface area contributed by atoms with Gasteiger partial charge >= 0.3 is 0 Å². The Bertz CT molecular complexity index is 1340. The molecule has 2 aliphatic heterocycles. The molecule has 0 aromatic heterocycles. The maximum absolute atomic E-state index is 13.3. The van der Waals surface area contributed by atoms with Gasteiger partial charge in [0.25, 0.3) is 11.7 Å². The maximum Gasteiger partial charge on any atom is 0.295 e. The molecule has 0 bridgehead atoms. The summed E-state index contributed by atoms with van der Waals surface area (Å²) in [4.78, 5) is 30.5. The fraction of sp³-hybridized carbons (Fsp3) is 0.290. The number of ketones is 1. The maximum atomic E-state index is 13.3. The monoisotopic (exact) mass is 546 g/mol. The number of hydrogen-bond acceptors (Lipinski definition) is 6. The Morgan fingerprint density at radius 2 is 1.69 bits per heavy atom. The quantitative estimate of drug-likeness (QED) is 0.229. The lowest BCUT2D eigenvalue weighted by Crippen LogP contribution is -2.38. The second-order valence-electron chi connectivity index (χ2n) is 9.65. The van der Waals surface area contributed by atoms with Crippen molar-refractivity contribution < 1.29 is 24.2 Å². The van der Waals surface area contributed by atoms with Crippen LogP contribution in [0.2, 0.25) is 5.02 Å². The Kier molecular flexibility index (Phi) is 8.61. The van der Waals surface area contributed by atoms with Gasteiger partial charge in [-0.05, 0) is 53.9 Å². The highest BCUT2D eigenvalue weighted by Gasteiger charge is 2.46. The Morgan fingerprint density at radius 1 is 0.949 bits per heavy atom. The summed E-state index contributed by atoms with van der Waals surface area (Å²) in [5.41, 5.74) is 2.21. The van der Waals surface area contributed by atoms with Gasteiger partial charge in [-0.25, -0.2) is 0 Å². The number of benzene rings is 3. The second-order valence-corrected chi connectivity index (χ2v) is 10.1. The topological polar surface area (TPSA) is 79.3 Å². The number of Topliss-reactive ketones (excluding diaryl/α,β-unsaturated/α-hetero) is 1. The first-order valence-electron chi connectivity index (χ1n) is 13.1. The van der Waals surface area contributed by atoms with Gasteiger partial charge in [0.05, 0.1) is 24.8 Å². The van der Waals surface area contributed by atoms with Crippen LogP contribution in [0.5, 0.6) is 5.75 Å². The highest BCUT2D eigenvalue weighted by atomic mass is 35.5. The molecule has 2 fully saturated rings. The summed E-state index contributed by atoms with van der Waals surface area (Å²) in [5.74, 6) is -0.925. The van der Waals surface area contributed by atoms with Crippen molar-refractivity contribution in [1.29, 1.82) is 0 Å². The zero-order chi connectivity index (χ0) is 27.2. The Balaban J connectivity index is 1.45. The first-order valence-corrected chi connectivity index (χ1v) is 13.5. The van der Waals surface area contributed by atoms with Crippen LogP contribution in [0.15, 0.2) is 84.4 Å². The normalized spacial score (nSPS) is 19.4. The van der Waals surface area contributed by atoms with E-state index in [0.29, 0.717) is 54.7 Å². The molecule has 2 aliphatic rings. The van der Waals surface area contributed by atoms with Crippen molar-refractivity contribution in [2.24, 2.45) is 0 Å². The highest BCUT2D eigenvalue weighted by Crippen LogP contribution is 2.40. The summed E-state index contributed by atoms with van der Waals surface area (Å²) in [7, 11) is 0. The zero-order valence-corrected chi connectivity index (χ0v) is 22.3. The molecule has 1 atom stereocenters. The van der Waals surface area contributed by atoms with Gasteiger partial charge in [0.2, 0.25) is 0 Å². The molecule has 0 spiro atoms. The van der Waals surface area contributed by atoms with E-state index in [2.05, 4.69) is 4.90 Å². The van der Waals surface area contributed by atoms with Gasteiger partial charge in [0, 0.05) is 36.8 Å². The minimum atomic E-state index is -0.745. The van der Waals surface area contributed by atoms with Gasteiger partial charge in [-0.1, -0.05) is 54.1 Å². The zero-order valence-electron chi connectivity index (χ0n) is 21.6. The third-order valence-electron chi connectivity index (χ3n) is 7.06. The van der Waals surface area contributed by atoms with Crippen LogP contribution in [-0.2, 0) is 20.9 Å². The van der Waals surface area contributed by atoms with Crippen molar-refractivity contribution in [2.75, 3.05) is 39.4 Å². The largest absolute Gasteiger partial charge is 0.507 e. The van der Waals surface area contributed by atoms with E-state index in [9.17, 15) is 14.7 Å². The predicted molar refractivity (Wildman–Crippen MR) is 150 cm³/mol. The van der Waals surface area contributed by atoms with Gasteiger partial charge in [-0.3, -0.25) is 14.5 Å². The number of amides is 1. The number of aliphatic hydroxyl groups excluding tert-OH is 1. The third-order valence-corrected chi connectivity index (χ3v) is 7.31. The molecule has 3 aromatic carbocycles. The van der Waals surface area contributed by atoms with Crippen molar-refractivity contribution in [3.63, 3.8) is 0 Å². The number of morpholine rings is 1. The van der Waals surface area contributed by atoms with Crippen LogP contribution in [0, 0.1) is 0 Å². The summed E-state index contributed by atoms with van der Waals surface area (Å²) < 4.78 is 11.5.